The van der Waals surface area contributed by atoms with Crippen molar-refractivity contribution in [3.63, 3.8) is 0 Å². The minimum Gasteiger partial charge on any atom is -0.394 e. The van der Waals surface area contributed by atoms with Gasteiger partial charge in [0.25, 0.3) is 0 Å². The first kappa shape index (κ1) is 13.2. The van der Waals surface area contributed by atoms with E-state index in [4.69, 9.17) is 15.6 Å². The summed E-state index contributed by atoms with van der Waals surface area (Å²) in [7, 11) is 0. The highest BCUT2D eigenvalue weighted by atomic mass is 16.5. The van der Waals surface area contributed by atoms with Crippen LogP contribution in [-0.4, -0.2) is 65.7 Å². The molecule has 0 aromatic heterocycles. The van der Waals surface area contributed by atoms with Gasteiger partial charge in [0.1, 0.15) is 12.2 Å². The highest BCUT2D eigenvalue weighted by Crippen LogP contribution is 2.28. The molecule has 4 N–H and O–H groups in total. The summed E-state index contributed by atoms with van der Waals surface area (Å²) < 4.78 is 5.60. The van der Waals surface area contributed by atoms with Gasteiger partial charge in [0, 0.05) is 6.54 Å². The topological polar surface area (TPSA) is 79.0 Å². The monoisotopic (exact) mass is 244 g/mol. The average molecular weight is 244 g/mol. The van der Waals surface area contributed by atoms with Gasteiger partial charge < -0.3 is 20.7 Å². The number of nitrogens with two attached hydrogens (primary N) is 1. The van der Waals surface area contributed by atoms with Crippen LogP contribution < -0.4 is 5.73 Å². The van der Waals surface area contributed by atoms with Crippen LogP contribution in [0.25, 0.3) is 0 Å². The van der Waals surface area contributed by atoms with Crippen LogP contribution in [0.15, 0.2) is 0 Å². The molecule has 4 atom stereocenters. The smallest absolute Gasteiger partial charge is 0.109 e. The summed E-state index contributed by atoms with van der Waals surface area (Å²) in [5, 5.41) is 19.3. The van der Waals surface area contributed by atoms with E-state index in [2.05, 4.69) is 11.8 Å². The molecule has 0 amide bonds. The Morgan fingerprint density at radius 3 is 2.47 bits per heavy atom. The summed E-state index contributed by atoms with van der Waals surface area (Å²) in [6.45, 7) is 4.49. The third-order valence-electron chi connectivity index (χ3n) is 4.11. The molecule has 0 saturated carbocycles. The third kappa shape index (κ3) is 2.63. The molecule has 5 heteroatoms. The number of hydrogen-bond donors (Lipinski definition) is 3. The molecule has 2 heterocycles. The summed E-state index contributed by atoms with van der Waals surface area (Å²) in [6, 6.07) is -0.0513. The Morgan fingerprint density at radius 2 is 1.94 bits per heavy atom. The summed E-state index contributed by atoms with van der Waals surface area (Å²) in [4.78, 5) is 2.28. The van der Waals surface area contributed by atoms with Gasteiger partial charge in [0.2, 0.25) is 0 Å². The van der Waals surface area contributed by atoms with Gasteiger partial charge in [-0.3, -0.25) is 4.90 Å². The zero-order valence-electron chi connectivity index (χ0n) is 10.5. The SMILES string of the molecule is CC1CCN([C@H]2[C@@H](O)[C@H](CO)O[C@@H]2CN)CC1. The van der Waals surface area contributed by atoms with Gasteiger partial charge in [-0.1, -0.05) is 6.92 Å². The summed E-state index contributed by atoms with van der Waals surface area (Å²) in [6.07, 6.45) is 1.06. The number of likely N-dealkylation sites (tertiary alicyclic amines) is 1. The molecular formula is C12H24N2O3. The molecule has 0 aromatic rings. The predicted molar refractivity (Wildman–Crippen MR) is 64.6 cm³/mol. The van der Waals surface area contributed by atoms with Crippen LogP contribution in [0.4, 0.5) is 0 Å². The molecule has 0 spiro atoms. The molecule has 2 aliphatic rings. The van der Waals surface area contributed by atoms with Crippen LogP contribution in [0.1, 0.15) is 19.8 Å². The van der Waals surface area contributed by atoms with Gasteiger partial charge >= 0.3 is 0 Å². The van der Waals surface area contributed by atoms with Crippen molar-refractivity contribution in [3.8, 4) is 0 Å². The molecule has 100 valence electrons. The van der Waals surface area contributed by atoms with Crippen molar-refractivity contribution in [2.45, 2.75) is 44.1 Å². The Balaban J connectivity index is 2.02. The van der Waals surface area contributed by atoms with Crippen molar-refractivity contribution >= 4 is 0 Å². The second-order valence-corrected chi connectivity index (χ2v) is 5.33. The van der Waals surface area contributed by atoms with Crippen LogP contribution in [-0.2, 0) is 4.74 Å². The Morgan fingerprint density at radius 1 is 1.29 bits per heavy atom. The standard InChI is InChI=1S/C12H24N2O3/c1-8-2-4-14(5-3-8)11-9(6-13)17-10(7-15)12(11)16/h8-12,15-16H,2-7,13H2,1H3/t9-,10+,11-,12+/m1/s1. The second kappa shape index (κ2) is 5.63. The maximum atomic E-state index is 10.2. The van der Waals surface area contributed by atoms with Gasteiger partial charge in [0.05, 0.1) is 18.8 Å². The van der Waals surface area contributed by atoms with E-state index >= 15 is 0 Å². The van der Waals surface area contributed by atoms with Crippen LogP contribution in [0, 0.1) is 5.92 Å². The Labute approximate surface area is 103 Å². The largest absolute Gasteiger partial charge is 0.394 e. The summed E-state index contributed by atoms with van der Waals surface area (Å²) >= 11 is 0. The molecule has 5 nitrogen and oxygen atoms in total. The number of rotatable bonds is 3. The Bertz CT molecular complexity index is 242. The number of aliphatic hydroxyl groups is 2. The molecule has 17 heavy (non-hydrogen) atoms. The lowest BCUT2D eigenvalue weighted by Gasteiger charge is -2.37. The lowest BCUT2D eigenvalue weighted by Crippen LogP contribution is -2.52. The van der Waals surface area contributed by atoms with Gasteiger partial charge in [-0.25, -0.2) is 0 Å². The maximum absolute atomic E-state index is 10.2. The van der Waals surface area contributed by atoms with Crippen LogP contribution in [0.5, 0.6) is 0 Å². The van der Waals surface area contributed by atoms with E-state index in [9.17, 15) is 5.11 Å². The number of ether oxygens (including phenoxy) is 1. The quantitative estimate of drug-likeness (QED) is 0.604. The van der Waals surface area contributed by atoms with E-state index in [0.29, 0.717) is 6.54 Å². The number of piperidine rings is 1. The maximum Gasteiger partial charge on any atom is 0.109 e. The predicted octanol–water partition coefficient (Wildman–Crippen LogP) is -0.834. The molecule has 2 aliphatic heterocycles. The average Bonchev–Trinajstić information content (AvgIpc) is 2.67. The molecule has 0 bridgehead atoms. The van der Waals surface area contributed by atoms with Crippen LogP contribution in [0.2, 0.25) is 0 Å². The second-order valence-electron chi connectivity index (χ2n) is 5.33. The highest BCUT2D eigenvalue weighted by Gasteiger charge is 2.45. The van der Waals surface area contributed by atoms with E-state index in [1.807, 2.05) is 0 Å². The van der Waals surface area contributed by atoms with Crippen molar-refractivity contribution in [1.29, 1.82) is 0 Å². The highest BCUT2D eigenvalue weighted by molar-refractivity contribution is 4.98. The van der Waals surface area contributed by atoms with Crippen molar-refractivity contribution in [2.24, 2.45) is 11.7 Å². The summed E-state index contributed by atoms with van der Waals surface area (Å²) in [5.74, 6) is 0.760. The fraction of sp³-hybridized carbons (Fsp3) is 1.00. The fourth-order valence-corrected chi connectivity index (χ4v) is 2.95. The summed E-state index contributed by atoms with van der Waals surface area (Å²) in [5.41, 5.74) is 5.69. The molecule has 0 aliphatic carbocycles. The van der Waals surface area contributed by atoms with E-state index in [1.54, 1.807) is 0 Å². The fourth-order valence-electron chi connectivity index (χ4n) is 2.95. The van der Waals surface area contributed by atoms with Crippen LogP contribution in [0.3, 0.4) is 0 Å². The van der Waals surface area contributed by atoms with E-state index in [1.165, 1.54) is 0 Å². The van der Waals surface area contributed by atoms with Crippen LogP contribution >= 0.6 is 0 Å². The molecule has 0 unspecified atom stereocenters. The number of nitrogens with zero attached hydrogens (tertiary/aromatic N) is 1. The molecule has 0 aromatic carbocycles. The van der Waals surface area contributed by atoms with E-state index in [0.717, 1.165) is 31.8 Å². The first-order valence-corrected chi connectivity index (χ1v) is 6.56. The van der Waals surface area contributed by atoms with Gasteiger partial charge in [0.15, 0.2) is 0 Å². The van der Waals surface area contributed by atoms with E-state index in [-0.39, 0.29) is 18.8 Å². The molecule has 2 rings (SSSR count). The molecular weight excluding hydrogens is 220 g/mol. The molecule has 2 saturated heterocycles. The molecule has 2 fully saturated rings. The third-order valence-corrected chi connectivity index (χ3v) is 4.11. The lowest BCUT2D eigenvalue weighted by atomic mass is 9.94. The van der Waals surface area contributed by atoms with Crippen molar-refractivity contribution < 1.29 is 14.9 Å². The minimum atomic E-state index is -0.623. The first-order chi connectivity index (χ1) is 8.17. The van der Waals surface area contributed by atoms with Gasteiger partial charge in [-0.05, 0) is 31.8 Å². The minimum absolute atomic E-state index is 0.0513. The number of hydrogen-bond acceptors (Lipinski definition) is 5. The Kier molecular flexibility index (Phi) is 4.38. The van der Waals surface area contributed by atoms with Crippen molar-refractivity contribution in [2.75, 3.05) is 26.2 Å². The number of aliphatic hydroxyl groups excluding tert-OH is 2. The molecule has 0 radical (unpaired) electrons. The van der Waals surface area contributed by atoms with Gasteiger partial charge in [-0.15, -0.1) is 0 Å². The van der Waals surface area contributed by atoms with Crippen molar-refractivity contribution in [1.82, 2.24) is 4.90 Å². The Hall–Kier alpha value is -0.200. The van der Waals surface area contributed by atoms with Gasteiger partial charge in [-0.2, -0.15) is 0 Å². The first-order valence-electron chi connectivity index (χ1n) is 6.56. The zero-order chi connectivity index (χ0) is 12.4. The lowest BCUT2D eigenvalue weighted by molar-refractivity contribution is -0.0193. The zero-order valence-corrected chi connectivity index (χ0v) is 10.5. The normalized spacial score (nSPS) is 40.9. The van der Waals surface area contributed by atoms with E-state index < -0.39 is 12.2 Å². The van der Waals surface area contributed by atoms with Crippen molar-refractivity contribution in [3.05, 3.63) is 0 Å².